The van der Waals surface area contributed by atoms with Gasteiger partial charge in [-0.1, -0.05) is 20.8 Å². The van der Waals surface area contributed by atoms with Crippen molar-refractivity contribution in [3.63, 3.8) is 0 Å². The molecular formula is C11H22N2O2. The molecule has 0 aliphatic carbocycles. The number of hydrogen-bond acceptors (Lipinski definition) is 3. The maximum absolute atomic E-state index is 9.06. The Hall–Kier alpha value is -0.610. The molecule has 0 spiro atoms. The van der Waals surface area contributed by atoms with Gasteiger partial charge in [0.25, 0.3) is 0 Å². The third kappa shape index (κ3) is 2.92. The first kappa shape index (κ1) is 12.5. The minimum atomic E-state index is -0.149. The highest BCUT2D eigenvalue weighted by molar-refractivity contribution is 5.84. The Bertz CT molecular complexity index is 235. The van der Waals surface area contributed by atoms with E-state index in [1.807, 2.05) is 32.6 Å². The third-order valence-corrected chi connectivity index (χ3v) is 2.71. The van der Waals surface area contributed by atoms with Crippen molar-refractivity contribution in [3.05, 3.63) is 0 Å². The van der Waals surface area contributed by atoms with Gasteiger partial charge in [-0.2, -0.15) is 0 Å². The Morgan fingerprint density at radius 3 is 2.60 bits per heavy atom. The van der Waals surface area contributed by atoms with Crippen molar-refractivity contribution in [1.82, 2.24) is 4.90 Å². The highest BCUT2D eigenvalue weighted by atomic mass is 16.5. The van der Waals surface area contributed by atoms with Crippen LogP contribution in [0.5, 0.6) is 0 Å². The summed E-state index contributed by atoms with van der Waals surface area (Å²) in [7, 11) is 0. The lowest BCUT2D eigenvalue weighted by Crippen LogP contribution is -2.54. The molecule has 4 heteroatoms. The minimum Gasteiger partial charge on any atom is -0.394 e. The second-order valence-electron chi connectivity index (χ2n) is 5.24. The molecule has 15 heavy (non-hydrogen) atoms. The summed E-state index contributed by atoms with van der Waals surface area (Å²) in [6.07, 6.45) is -0.149. The zero-order chi connectivity index (χ0) is 11.6. The molecule has 1 aliphatic heterocycles. The van der Waals surface area contributed by atoms with Gasteiger partial charge in [0.05, 0.1) is 25.4 Å². The van der Waals surface area contributed by atoms with Gasteiger partial charge in [-0.25, -0.2) is 0 Å². The molecule has 0 aromatic carbocycles. The summed E-state index contributed by atoms with van der Waals surface area (Å²) in [5.74, 6) is 0.622. The van der Waals surface area contributed by atoms with Crippen LogP contribution in [0.3, 0.4) is 0 Å². The lowest BCUT2D eigenvalue weighted by atomic mass is 9.93. The van der Waals surface area contributed by atoms with Crippen molar-refractivity contribution in [2.45, 2.75) is 39.8 Å². The number of amidine groups is 1. The molecule has 0 aromatic heterocycles. The fourth-order valence-electron chi connectivity index (χ4n) is 1.67. The number of nitrogens with zero attached hydrogens (tertiary/aromatic N) is 1. The van der Waals surface area contributed by atoms with E-state index >= 15 is 0 Å². The summed E-state index contributed by atoms with van der Waals surface area (Å²) in [6, 6.07) is 0.222. The van der Waals surface area contributed by atoms with Gasteiger partial charge in [0.15, 0.2) is 0 Å². The SMILES string of the molecule is CC1COC(CO)CN1C(=N)C(C)(C)C. The van der Waals surface area contributed by atoms with E-state index < -0.39 is 0 Å². The molecule has 0 bridgehead atoms. The Morgan fingerprint density at radius 2 is 2.13 bits per heavy atom. The Balaban J connectivity index is 2.70. The molecule has 0 radical (unpaired) electrons. The van der Waals surface area contributed by atoms with Crippen LogP contribution in [0, 0.1) is 10.8 Å². The van der Waals surface area contributed by atoms with Gasteiger partial charge >= 0.3 is 0 Å². The maximum Gasteiger partial charge on any atom is 0.102 e. The maximum atomic E-state index is 9.06. The molecule has 0 amide bonds. The molecule has 0 saturated carbocycles. The zero-order valence-corrected chi connectivity index (χ0v) is 10.1. The fourth-order valence-corrected chi connectivity index (χ4v) is 1.67. The van der Waals surface area contributed by atoms with E-state index in [4.69, 9.17) is 15.3 Å². The molecule has 1 aliphatic rings. The number of aliphatic hydroxyl groups excluding tert-OH is 1. The van der Waals surface area contributed by atoms with Gasteiger partial charge in [0, 0.05) is 12.0 Å². The second-order valence-corrected chi connectivity index (χ2v) is 5.24. The van der Waals surface area contributed by atoms with Crippen LogP contribution < -0.4 is 0 Å². The third-order valence-electron chi connectivity index (χ3n) is 2.71. The van der Waals surface area contributed by atoms with Crippen LogP contribution in [0.4, 0.5) is 0 Å². The zero-order valence-electron chi connectivity index (χ0n) is 10.1. The van der Waals surface area contributed by atoms with Gasteiger partial charge in [-0.15, -0.1) is 0 Å². The molecule has 2 unspecified atom stereocenters. The first-order chi connectivity index (χ1) is 6.86. The average molecular weight is 214 g/mol. The number of hydrogen-bond donors (Lipinski definition) is 2. The van der Waals surface area contributed by atoms with E-state index in [-0.39, 0.29) is 24.2 Å². The average Bonchev–Trinajstić information content (AvgIpc) is 2.16. The van der Waals surface area contributed by atoms with Crippen molar-refractivity contribution < 1.29 is 9.84 Å². The second kappa shape index (κ2) is 4.49. The van der Waals surface area contributed by atoms with Crippen LogP contribution in [-0.4, -0.2) is 47.7 Å². The summed E-state index contributed by atoms with van der Waals surface area (Å²) >= 11 is 0. The lowest BCUT2D eigenvalue weighted by Gasteiger charge is -2.42. The smallest absolute Gasteiger partial charge is 0.102 e. The van der Waals surface area contributed by atoms with Gasteiger partial charge in [-0.3, -0.25) is 5.41 Å². The van der Waals surface area contributed by atoms with Gasteiger partial charge in [0.2, 0.25) is 0 Å². The van der Waals surface area contributed by atoms with Crippen molar-refractivity contribution in [3.8, 4) is 0 Å². The van der Waals surface area contributed by atoms with Crippen molar-refractivity contribution in [1.29, 1.82) is 5.41 Å². The van der Waals surface area contributed by atoms with E-state index in [1.54, 1.807) is 0 Å². The normalized spacial score (nSPS) is 27.9. The molecule has 0 aromatic rings. The highest BCUT2D eigenvalue weighted by Crippen LogP contribution is 2.22. The first-order valence-corrected chi connectivity index (χ1v) is 5.44. The first-order valence-electron chi connectivity index (χ1n) is 5.44. The van der Waals surface area contributed by atoms with Crippen LogP contribution in [0.15, 0.2) is 0 Å². The Labute approximate surface area is 91.7 Å². The number of rotatable bonds is 1. The standard InChI is InChI=1S/C11H22N2O2/c1-8-7-15-9(6-14)5-13(8)10(12)11(2,3)4/h8-9,12,14H,5-7H2,1-4H3. The minimum absolute atomic E-state index is 0.0284. The van der Waals surface area contributed by atoms with Crippen LogP contribution in [0.25, 0.3) is 0 Å². The summed E-state index contributed by atoms with van der Waals surface area (Å²) < 4.78 is 5.44. The van der Waals surface area contributed by atoms with E-state index in [1.165, 1.54) is 0 Å². The molecule has 2 N–H and O–H groups in total. The summed E-state index contributed by atoms with van der Waals surface area (Å²) in [5.41, 5.74) is -0.147. The lowest BCUT2D eigenvalue weighted by molar-refractivity contribution is -0.0582. The van der Waals surface area contributed by atoms with Crippen molar-refractivity contribution in [2.24, 2.45) is 5.41 Å². The van der Waals surface area contributed by atoms with E-state index in [2.05, 4.69) is 0 Å². The van der Waals surface area contributed by atoms with Crippen LogP contribution >= 0.6 is 0 Å². The quantitative estimate of drug-likeness (QED) is 0.507. The van der Waals surface area contributed by atoms with Crippen molar-refractivity contribution in [2.75, 3.05) is 19.8 Å². The summed E-state index contributed by atoms with van der Waals surface area (Å²) in [5, 5.41) is 17.2. The molecule has 1 saturated heterocycles. The van der Waals surface area contributed by atoms with Crippen LogP contribution in [0.1, 0.15) is 27.7 Å². The molecule has 2 atom stereocenters. The summed E-state index contributed by atoms with van der Waals surface area (Å²) in [4.78, 5) is 2.03. The number of aliphatic hydroxyl groups is 1. The fraction of sp³-hybridized carbons (Fsp3) is 0.909. The van der Waals surface area contributed by atoms with Crippen molar-refractivity contribution >= 4 is 5.84 Å². The molecule has 4 nitrogen and oxygen atoms in total. The predicted octanol–water partition coefficient (Wildman–Crippen LogP) is 1.09. The molecule has 1 fully saturated rings. The van der Waals surface area contributed by atoms with Crippen LogP contribution in [-0.2, 0) is 4.74 Å². The number of morpholine rings is 1. The largest absolute Gasteiger partial charge is 0.394 e. The van der Waals surface area contributed by atoms with Gasteiger partial charge in [0.1, 0.15) is 5.84 Å². The highest BCUT2D eigenvalue weighted by Gasteiger charge is 2.32. The van der Waals surface area contributed by atoms with E-state index in [9.17, 15) is 0 Å². The van der Waals surface area contributed by atoms with Gasteiger partial charge < -0.3 is 14.7 Å². The summed E-state index contributed by atoms with van der Waals surface area (Å²) in [6.45, 7) is 9.38. The molecule has 1 heterocycles. The Morgan fingerprint density at radius 1 is 1.53 bits per heavy atom. The van der Waals surface area contributed by atoms with E-state index in [0.29, 0.717) is 19.0 Å². The number of nitrogens with one attached hydrogen (secondary N) is 1. The predicted molar refractivity (Wildman–Crippen MR) is 60.2 cm³/mol. The Kier molecular flexibility index (Phi) is 3.73. The monoisotopic (exact) mass is 214 g/mol. The molecule has 88 valence electrons. The van der Waals surface area contributed by atoms with Crippen LogP contribution in [0.2, 0.25) is 0 Å². The van der Waals surface area contributed by atoms with E-state index in [0.717, 1.165) is 0 Å². The number of ether oxygens (including phenoxy) is 1. The molecular weight excluding hydrogens is 192 g/mol. The topological polar surface area (TPSA) is 56.6 Å². The molecule has 1 rings (SSSR count). The van der Waals surface area contributed by atoms with Gasteiger partial charge in [-0.05, 0) is 6.92 Å².